The minimum Gasteiger partial charge on any atom is -0.456 e. The molecule has 8 heteroatoms. The fourth-order valence-corrected chi connectivity index (χ4v) is 3.52. The Morgan fingerprint density at radius 2 is 1.16 bits per heavy atom. The Bertz CT molecular complexity index is 485. The van der Waals surface area contributed by atoms with E-state index in [1.807, 2.05) is 0 Å². The summed E-state index contributed by atoms with van der Waals surface area (Å²) in [5, 5.41) is 49.5. The van der Waals surface area contributed by atoms with Crippen molar-refractivity contribution < 1.29 is 39.9 Å². The second-order valence-corrected chi connectivity index (χ2v) is 8.63. The molecule has 32 heavy (non-hydrogen) atoms. The van der Waals surface area contributed by atoms with Gasteiger partial charge in [-0.25, -0.2) is 0 Å². The highest BCUT2D eigenvalue weighted by molar-refractivity contribution is 5.84. The summed E-state index contributed by atoms with van der Waals surface area (Å²) in [7, 11) is 0. The number of rotatable bonds is 21. The largest absolute Gasteiger partial charge is 0.456 e. The third-order valence-electron chi connectivity index (χ3n) is 5.69. The summed E-state index contributed by atoms with van der Waals surface area (Å²) >= 11 is 0. The normalized spacial score (nSPS) is 16.2. The molecule has 190 valence electrons. The number of ketones is 1. The van der Waals surface area contributed by atoms with Crippen molar-refractivity contribution in [1.29, 1.82) is 0 Å². The number of unbranched alkanes of at least 4 members (excludes halogenated alkanes) is 10. The SMILES string of the molecule is CCCCCCCCC(=O)O[C@@H](C(O)C(=O)CCCCCCCC)[C@@H](O)[C@H](O)[C@H](O)CO. The van der Waals surface area contributed by atoms with Gasteiger partial charge in [-0.3, -0.25) is 9.59 Å². The van der Waals surface area contributed by atoms with Crippen LogP contribution in [0.1, 0.15) is 104 Å². The number of hydrogen-bond acceptors (Lipinski definition) is 8. The second-order valence-electron chi connectivity index (χ2n) is 8.63. The summed E-state index contributed by atoms with van der Waals surface area (Å²) < 4.78 is 5.19. The van der Waals surface area contributed by atoms with Crippen LogP contribution in [-0.2, 0) is 14.3 Å². The quantitative estimate of drug-likeness (QED) is 0.129. The fraction of sp³-hybridized carbons (Fsp3) is 0.917. The predicted molar refractivity (Wildman–Crippen MR) is 122 cm³/mol. The number of aliphatic hydroxyl groups is 5. The van der Waals surface area contributed by atoms with E-state index in [1.165, 1.54) is 0 Å². The summed E-state index contributed by atoms with van der Waals surface area (Å²) in [4.78, 5) is 24.7. The molecule has 5 atom stereocenters. The van der Waals surface area contributed by atoms with E-state index >= 15 is 0 Å². The average Bonchev–Trinajstić information content (AvgIpc) is 2.79. The predicted octanol–water partition coefficient (Wildman–Crippen LogP) is 2.40. The van der Waals surface area contributed by atoms with Gasteiger partial charge in [0.15, 0.2) is 18.0 Å². The zero-order valence-corrected chi connectivity index (χ0v) is 20.0. The molecular weight excluding hydrogens is 416 g/mol. The molecule has 8 nitrogen and oxygen atoms in total. The highest BCUT2D eigenvalue weighted by Crippen LogP contribution is 2.18. The van der Waals surface area contributed by atoms with Gasteiger partial charge in [0, 0.05) is 12.8 Å². The van der Waals surface area contributed by atoms with Gasteiger partial charge in [-0.2, -0.15) is 0 Å². The van der Waals surface area contributed by atoms with Crippen LogP contribution >= 0.6 is 0 Å². The van der Waals surface area contributed by atoms with E-state index in [-0.39, 0.29) is 12.8 Å². The Labute approximate surface area is 193 Å². The summed E-state index contributed by atoms with van der Waals surface area (Å²) in [5.74, 6) is -1.29. The van der Waals surface area contributed by atoms with Gasteiger partial charge in [-0.05, 0) is 12.8 Å². The van der Waals surface area contributed by atoms with E-state index in [9.17, 15) is 30.0 Å². The van der Waals surface area contributed by atoms with Crippen molar-refractivity contribution in [3.8, 4) is 0 Å². The smallest absolute Gasteiger partial charge is 0.306 e. The van der Waals surface area contributed by atoms with Crippen molar-refractivity contribution in [3.05, 3.63) is 0 Å². The van der Waals surface area contributed by atoms with Crippen LogP contribution < -0.4 is 0 Å². The van der Waals surface area contributed by atoms with Gasteiger partial charge < -0.3 is 30.3 Å². The average molecular weight is 463 g/mol. The minimum absolute atomic E-state index is 0.0597. The standard InChI is InChI=1S/C24H46O8/c1-3-5-7-9-11-13-15-18(26)22(30)24(23(31)21(29)19(27)17-25)32-20(28)16-14-12-10-8-6-4-2/h19,21-25,27,29-31H,3-17H2,1-2H3/t19-,21-,22?,23+,24+/m1/s1. The molecule has 0 amide bonds. The zero-order chi connectivity index (χ0) is 24.4. The topological polar surface area (TPSA) is 145 Å². The van der Waals surface area contributed by atoms with Crippen LogP contribution in [0.4, 0.5) is 0 Å². The van der Waals surface area contributed by atoms with Gasteiger partial charge >= 0.3 is 5.97 Å². The van der Waals surface area contributed by atoms with Crippen molar-refractivity contribution in [2.24, 2.45) is 0 Å². The van der Waals surface area contributed by atoms with E-state index in [0.29, 0.717) is 12.8 Å². The molecule has 1 unspecified atom stereocenters. The summed E-state index contributed by atoms with van der Waals surface area (Å²) in [6, 6.07) is 0. The Morgan fingerprint density at radius 3 is 1.66 bits per heavy atom. The van der Waals surface area contributed by atoms with Gasteiger partial charge in [0.05, 0.1) is 6.61 Å². The van der Waals surface area contributed by atoms with Gasteiger partial charge in [0.25, 0.3) is 0 Å². The third-order valence-corrected chi connectivity index (χ3v) is 5.69. The van der Waals surface area contributed by atoms with Crippen LogP contribution in [-0.4, -0.2) is 74.4 Å². The van der Waals surface area contributed by atoms with Gasteiger partial charge in [-0.1, -0.05) is 78.1 Å². The fourth-order valence-electron chi connectivity index (χ4n) is 3.52. The number of carbonyl (C=O) groups excluding carboxylic acids is 2. The van der Waals surface area contributed by atoms with Crippen molar-refractivity contribution in [3.63, 3.8) is 0 Å². The Balaban J connectivity index is 4.84. The van der Waals surface area contributed by atoms with Crippen LogP contribution in [0.15, 0.2) is 0 Å². The zero-order valence-electron chi connectivity index (χ0n) is 20.0. The van der Waals surface area contributed by atoms with E-state index in [0.717, 1.165) is 64.2 Å². The lowest BCUT2D eigenvalue weighted by Crippen LogP contribution is -2.53. The molecule has 0 radical (unpaired) electrons. The molecule has 0 aromatic rings. The van der Waals surface area contributed by atoms with E-state index < -0.39 is 48.9 Å². The molecular formula is C24H46O8. The highest BCUT2D eigenvalue weighted by Gasteiger charge is 2.40. The molecule has 0 spiro atoms. The maximum absolute atomic E-state index is 12.4. The molecule has 0 bridgehead atoms. The van der Waals surface area contributed by atoms with Crippen LogP contribution in [0.25, 0.3) is 0 Å². The van der Waals surface area contributed by atoms with Crippen molar-refractivity contribution in [2.75, 3.05) is 6.61 Å². The number of aliphatic hydroxyl groups excluding tert-OH is 5. The van der Waals surface area contributed by atoms with Crippen LogP contribution in [0, 0.1) is 0 Å². The maximum atomic E-state index is 12.4. The number of hydrogen-bond donors (Lipinski definition) is 5. The Hall–Kier alpha value is -1.06. The van der Waals surface area contributed by atoms with Gasteiger partial charge in [-0.15, -0.1) is 0 Å². The monoisotopic (exact) mass is 462 g/mol. The number of ether oxygens (including phenoxy) is 1. The van der Waals surface area contributed by atoms with Crippen molar-refractivity contribution in [1.82, 2.24) is 0 Å². The van der Waals surface area contributed by atoms with Crippen LogP contribution in [0.3, 0.4) is 0 Å². The first-order valence-corrected chi connectivity index (χ1v) is 12.3. The molecule has 0 aliphatic rings. The number of carbonyl (C=O) groups is 2. The van der Waals surface area contributed by atoms with Crippen molar-refractivity contribution >= 4 is 11.8 Å². The Kier molecular flexibility index (Phi) is 18.8. The van der Waals surface area contributed by atoms with E-state index in [4.69, 9.17) is 9.84 Å². The minimum atomic E-state index is -1.92. The molecule has 5 N–H and O–H groups in total. The van der Waals surface area contributed by atoms with Crippen LogP contribution in [0.5, 0.6) is 0 Å². The first-order valence-electron chi connectivity index (χ1n) is 12.3. The molecule has 0 fully saturated rings. The first-order chi connectivity index (χ1) is 15.3. The molecule has 0 aliphatic heterocycles. The van der Waals surface area contributed by atoms with Crippen LogP contribution in [0.2, 0.25) is 0 Å². The lowest BCUT2D eigenvalue weighted by molar-refractivity contribution is -0.182. The number of esters is 1. The molecule has 0 heterocycles. The molecule has 0 aliphatic carbocycles. The lowest BCUT2D eigenvalue weighted by Gasteiger charge is -2.31. The summed E-state index contributed by atoms with van der Waals surface area (Å²) in [6.45, 7) is 3.39. The number of Topliss-reactive ketones (excluding diaryl/α,β-unsaturated/α-hetero) is 1. The third kappa shape index (κ3) is 13.5. The van der Waals surface area contributed by atoms with Crippen molar-refractivity contribution in [2.45, 2.75) is 134 Å². The molecule has 0 aromatic heterocycles. The maximum Gasteiger partial charge on any atom is 0.306 e. The second kappa shape index (κ2) is 19.4. The summed E-state index contributed by atoms with van der Waals surface area (Å²) in [5.41, 5.74) is 0. The molecule has 0 saturated heterocycles. The molecule has 0 aromatic carbocycles. The first kappa shape index (κ1) is 30.9. The van der Waals surface area contributed by atoms with Gasteiger partial charge in [0.1, 0.15) is 18.3 Å². The van der Waals surface area contributed by atoms with E-state index in [2.05, 4.69) is 13.8 Å². The van der Waals surface area contributed by atoms with E-state index in [1.54, 1.807) is 0 Å². The summed E-state index contributed by atoms with van der Waals surface area (Å²) in [6.07, 6.45) is 2.53. The Morgan fingerprint density at radius 1 is 0.688 bits per heavy atom. The molecule has 0 rings (SSSR count). The highest BCUT2D eigenvalue weighted by atomic mass is 16.6. The lowest BCUT2D eigenvalue weighted by atomic mass is 9.94. The van der Waals surface area contributed by atoms with Gasteiger partial charge in [0.2, 0.25) is 0 Å². The molecule has 0 saturated carbocycles.